The van der Waals surface area contributed by atoms with E-state index >= 15 is 0 Å². The lowest BCUT2D eigenvalue weighted by Gasteiger charge is -2.11. The molecule has 0 fully saturated rings. The maximum atomic E-state index is 10.5. The quantitative estimate of drug-likeness (QED) is 0.576. The fourth-order valence-electron chi connectivity index (χ4n) is 0.926. The zero-order valence-electron chi connectivity index (χ0n) is 7.38. The van der Waals surface area contributed by atoms with E-state index in [1.54, 1.807) is 0 Å². The number of hydrogen-bond donors (Lipinski definition) is 1. The zero-order chi connectivity index (χ0) is 10.7. The number of nitro groups is 1. The Labute approximate surface area is 79.5 Å². The topological polar surface area (TPSA) is 83.7 Å². The van der Waals surface area contributed by atoms with Crippen LogP contribution in [-0.2, 0) is 0 Å². The van der Waals surface area contributed by atoms with E-state index in [0.29, 0.717) is 0 Å². The maximum Gasteiger partial charge on any atom is 0.411 e. The van der Waals surface area contributed by atoms with E-state index in [1.807, 2.05) is 0 Å². The van der Waals surface area contributed by atoms with E-state index in [4.69, 9.17) is 5.11 Å². The molecule has 1 N–H and O–H groups in total. The molecule has 0 radical (unpaired) electrons. The standard InChI is InChI=1S/C8H8N2O4/c1-9(8(11)12)6-3-2-4-7(5-6)10(13)14/h2-5H,1H3,(H,11,12). The van der Waals surface area contributed by atoms with E-state index in [-0.39, 0.29) is 11.4 Å². The summed E-state index contributed by atoms with van der Waals surface area (Å²) in [5.74, 6) is 0. The van der Waals surface area contributed by atoms with Crippen LogP contribution >= 0.6 is 0 Å². The summed E-state index contributed by atoms with van der Waals surface area (Å²) >= 11 is 0. The van der Waals surface area contributed by atoms with Gasteiger partial charge in [0.2, 0.25) is 0 Å². The lowest BCUT2D eigenvalue weighted by molar-refractivity contribution is -0.384. The number of nitrogens with zero attached hydrogens (tertiary/aromatic N) is 2. The van der Waals surface area contributed by atoms with E-state index in [9.17, 15) is 14.9 Å². The van der Waals surface area contributed by atoms with Crippen molar-refractivity contribution in [1.82, 2.24) is 0 Å². The lowest BCUT2D eigenvalue weighted by Crippen LogP contribution is -2.23. The molecule has 0 aliphatic carbocycles. The summed E-state index contributed by atoms with van der Waals surface area (Å²) in [5, 5.41) is 19.0. The van der Waals surface area contributed by atoms with Crippen molar-refractivity contribution in [2.45, 2.75) is 0 Å². The van der Waals surface area contributed by atoms with Gasteiger partial charge in [0.1, 0.15) is 0 Å². The molecule has 0 bridgehead atoms. The van der Waals surface area contributed by atoms with Crippen LogP contribution in [0.2, 0.25) is 0 Å². The Kier molecular flexibility index (Phi) is 2.66. The molecule has 1 aromatic rings. The predicted molar refractivity (Wildman–Crippen MR) is 49.5 cm³/mol. The van der Waals surface area contributed by atoms with Gasteiger partial charge in [-0.2, -0.15) is 0 Å². The Morgan fingerprint density at radius 1 is 1.57 bits per heavy atom. The zero-order valence-corrected chi connectivity index (χ0v) is 7.38. The van der Waals surface area contributed by atoms with Gasteiger partial charge < -0.3 is 5.11 Å². The molecule has 1 rings (SSSR count). The molecule has 1 amide bonds. The number of carbonyl (C=O) groups is 1. The fraction of sp³-hybridized carbons (Fsp3) is 0.125. The Bertz CT molecular complexity index is 377. The summed E-state index contributed by atoms with van der Waals surface area (Å²) in [6.45, 7) is 0. The molecule has 0 saturated heterocycles. The number of amides is 1. The molecular formula is C8H8N2O4. The molecule has 0 aliphatic heterocycles. The molecular weight excluding hydrogens is 188 g/mol. The molecule has 74 valence electrons. The second-order valence-corrected chi connectivity index (χ2v) is 2.62. The molecule has 0 aromatic heterocycles. The number of benzene rings is 1. The molecule has 14 heavy (non-hydrogen) atoms. The first-order chi connectivity index (χ1) is 6.52. The van der Waals surface area contributed by atoms with Gasteiger partial charge in [-0.3, -0.25) is 15.0 Å². The molecule has 1 aromatic carbocycles. The summed E-state index contributed by atoms with van der Waals surface area (Å²) in [7, 11) is 1.32. The van der Waals surface area contributed by atoms with Crippen molar-refractivity contribution >= 4 is 17.5 Å². The van der Waals surface area contributed by atoms with Crippen LogP contribution in [-0.4, -0.2) is 23.2 Å². The second-order valence-electron chi connectivity index (χ2n) is 2.62. The Balaban J connectivity index is 3.05. The van der Waals surface area contributed by atoms with Crippen molar-refractivity contribution in [2.24, 2.45) is 0 Å². The Hall–Kier alpha value is -2.11. The molecule has 0 aliphatic rings. The minimum atomic E-state index is -1.16. The van der Waals surface area contributed by atoms with Crippen molar-refractivity contribution in [1.29, 1.82) is 0 Å². The Morgan fingerprint density at radius 3 is 2.71 bits per heavy atom. The number of hydrogen-bond acceptors (Lipinski definition) is 3. The third-order valence-corrected chi connectivity index (χ3v) is 1.71. The molecule has 0 saturated carbocycles. The maximum absolute atomic E-state index is 10.5. The minimum absolute atomic E-state index is 0.129. The molecule has 0 heterocycles. The SMILES string of the molecule is CN(C(=O)O)c1cccc([N+](=O)[O-])c1. The van der Waals surface area contributed by atoms with Gasteiger partial charge in [-0.15, -0.1) is 0 Å². The van der Waals surface area contributed by atoms with Gasteiger partial charge in [0.05, 0.1) is 10.6 Å². The Morgan fingerprint density at radius 2 is 2.21 bits per heavy atom. The third-order valence-electron chi connectivity index (χ3n) is 1.71. The van der Waals surface area contributed by atoms with Crippen LogP contribution in [0.5, 0.6) is 0 Å². The van der Waals surface area contributed by atoms with Crippen LogP contribution in [0.4, 0.5) is 16.2 Å². The highest BCUT2D eigenvalue weighted by atomic mass is 16.6. The van der Waals surface area contributed by atoms with Crippen molar-refractivity contribution in [3.05, 3.63) is 34.4 Å². The van der Waals surface area contributed by atoms with Gasteiger partial charge >= 0.3 is 6.09 Å². The molecule has 0 spiro atoms. The van der Waals surface area contributed by atoms with Crippen molar-refractivity contribution < 1.29 is 14.8 Å². The summed E-state index contributed by atoms with van der Waals surface area (Å²) < 4.78 is 0. The monoisotopic (exact) mass is 196 g/mol. The van der Waals surface area contributed by atoms with Crippen molar-refractivity contribution in [2.75, 3.05) is 11.9 Å². The molecule has 6 heteroatoms. The molecule has 0 unspecified atom stereocenters. The first-order valence-electron chi connectivity index (χ1n) is 3.73. The minimum Gasteiger partial charge on any atom is -0.465 e. The highest BCUT2D eigenvalue weighted by molar-refractivity contribution is 5.85. The lowest BCUT2D eigenvalue weighted by atomic mass is 10.2. The van der Waals surface area contributed by atoms with Crippen molar-refractivity contribution in [3.8, 4) is 0 Å². The normalized spacial score (nSPS) is 9.50. The van der Waals surface area contributed by atoms with Gasteiger partial charge in [-0.1, -0.05) is 6.07 Å². The highest BCUT2D eigenvalue weighted by Crippen LogP contribution is 2.19. The van der Waals surface area contributed by atoms with Crippen LogP contribution in [0.15, 0.2) is 24.3 Å². The number of anilines is 1. The van der Waals surface area contributed by atoms with Crippen LogP contribution < -0.4 is 4.90 Å². The number of rotatable bonds is 2. The average molecular weight is 196 g/mol. The van der Waals surface area contributed by atoms with Crippen LogP contribution in [0, 0.1) is 10.1 Å². The third kappa shape index (κ3) is 1.98. The smallest absolute Gasteiger partial charge is 0.411 e. The number of carboxylic acid groups (broad SMARTS) is 1. The van der Waals surface area contributed by atoms with Crippen LogP contribution in [0.3, 0.4) is 0 Å². The molecule has 6 nitrogen and oxygen atoms in total. The predicted octanol–water partition coefficient (Wildman–Crippen LogP) is 1.71. The van der Waals surface area contributed by atoms with Gasteiger partial charge in [-0.05, 0) is 6.07 Å². The van der Waals surface area contributed by atoms with E-state index in [0.717, 1.165) is 4.90 Å². The van der Waals surface area contributed by atoms with Crippen LogP contribution in [0.1, 0.15) is 0 Å². The second kappa shape index (κ2) is 3.73. The molecule has 0 atom stereocenters. The first-order valence-corrected chi connectivity index (χ1v) is 3.73. The largest absolute Gasteiger partial charge is 0.465 e. The van der Waals surface area contributed by atoms with E-state index in [1.165, 1.54) is 31.3 Å². The average Bonchev–Trinajstić information content (AvgIpc) is 2.16. The summed E-state index contributed by atoms with van der Waals surface area (Å²) in [6, 6.07) is 5.43. The van der Waals surface area contributed by atoms with Crippen molar-refractivity contribution in [3.63, 3.8) is 0 Å². The van der Waals surface area contributed by atoms with E-state index in [2.05, 4.69) is 0 Å². The highest BCUT2D eigenvalue weighted by Gasteiger charge is 2.12. The van der Waals surface area contributed by atoms with Gasteiger partial charge in [-0.25, -0.2) is 4.79 Å². The first kappa shape index (κ1) is 9.97. The summed E-state index contributed by atoms with van der Waals surface area (Å²) in [4.78, 5) is 21.3. The van der Waals surface area contributed by atoms with Gasteiger partial charge in [0.15, 0.2) is 0 Å². The number of non-ortho nitro benzene ring substituents is 1. The fourth-order valence-corrected chi connectivity index (χ4v) is 0.926. The summed E-state index contributed by atoms with van der Waals surface area (Å²) in [5.41, 5.74) is 0.141. The summed E-state index contributed by atoms with van der Waals surface area (Å²) in [6.07, 6.45) is -1.16. The van der Waals surface area contributed by atoms with Gasteiger partial charge in [0.25, 0.3) is 5.69 Å². The van der Waals surface area contributed by atoms with Crippen LogP contribution in [0.25, 0.3) is 0 Å². The number of nitro benzene ring substituents is 1. The van der Waals surface area contributed by atoms with E-state index < -0.39 is 11.0 Å². The van der Waals surface area contributed by atoms with Gasteiger partial charge in [0, 0.05) is 19.2 Å².